The van der Waals surface area contributed by atoms with Crippen LogP contribution in [0, 0.1) is 0 Å². The Bertz CT molecular complexity index is 952. The van der Waals surface area contributed by atoms with E-state index in [0.29, 0.717) is 22.7 Å². The van der Waals surface area contributed by atoms with E-state index in [0.717, 1.165) is 11.1 Å². The van der Waals surface area contributed by atoms with Gasteiger partial charge in [-0.15, -0.1) is 11.6 Å². The highest BCUT2D eigenvalue weighted by Crippen LogP contribution is 2.28. The summed E-state index contributed by atoms with van der Waals surface area (Å²) in [5.74, 6) is -0.293. The number of nitrogens with one attached hydrogen (secondary N) is 1. The number of carbonyl (C=O) groups is 2. The molecule has 0 aliphatic rings. The van der Waals surface area contributed by atoms with E-state index in [2.05, 4.69) is 10.5 Å². The number of benzene rings is 2. The lowest BCUT2D eigenvalue weighted by atomic mass is 10.1. The molecule has 0 bridgehead atoms. The number of carbonyl (C=O) groups excluding carboxylic acids is 2. The molecule has 7 heteroatoms. The molecule has 1 aromatic heterocycles. The minimum absolute atomic E-state index is 0.118. The van der Waals surface area contributed by atoms with Crippen LogP contribution in [-0.4, -0.2) is 30.0 Å². The Kier molecular flexibility index (Phi) is 5.34. The average Bonchev–Trinajstić information content (AvgIpc) is 3.18. The number of amides is 1. The Morgan fingerprint density at radius 1 is 1.12 bits per heavy atom. The highest BCUT2D eigenvalue weighted by atomic mass is 35.5. The van der Waals surface area contributed by atoms with Crippen LogP contribution in [0.5, 0.6) is 0 Å². The number of alkyl halides is 1. The average molecular weight is 371 g/mol. The highest BCUT2D eigenvalue weighted by Gasteiger charge is 2.12. The molecular weight excluding hydrogens is 356 g/mol. The van der Waals surface area contributed by atoms with E-state index in [1.54, 1.807) is 42.5 Å². The van der Waals surface area contributed by atoms with Gasteiger partial charge in [-0.25, -0.2) is 4.79 Å². The van der Waals surface area contributed by atoms with Crippen LogP contribution >= 0.6 is 11.6 Å². The monoisotopic (exact) mass is 370 g/mol. The topological polar surface area (TPSA) is 81.4 Å². The maximum atomic E-state index is 11.7. The first-order valence-corrected chi connectivity index (χ1v) is 8.26. The van der Waals surface area contributed by atoms with E-state index in [1.165, 1.54) is 7.11 Å². The molecule has 1 heterocycles. The van der Waals surface area contributed by atoms with Crippen LogP contribution in [0.2, 0.25) is 0 Å². The van der Waals surface area contributed by atoms with Crippen molar-refractivity contribution < 1.29 is 18.8 Å². The zero-order valence-electron chi connectivity index (χ0n) is 13.9. The largest absolute Gasteiger partial charge is 0.465 e. The first-order chi connectivity index (χ1) is 12.6. The molecule has 3 aromatic rings. The lowest BCUT2D eigenvalue weighted by molar-refractivity contribution is -0.113. The van der Waals surface area contributed by atoms with Gasteiger partial charge in [-0.05, 0) is 24.3 Å². The van der Waals surface area contributed by atoms with Gasteiger partial charge in [-0.1, -0.05) is 29.4 Å². The number of hydrogen-bond acceptors (Lipinski definition) is 5. The molecule has 0 aliphatic heterocycles. The second-order valence-electron chi connectivity index (χ2n) is 5.41. The Morgan fingerprint density at radius 3 is 2.65 bits per heavy atom. The molecule has 0 radical (unpaired) electrons. The van der Waals surface area contributed by atoms with Crippen LogP contribution in [0.3, 0.4) is 0 Å². The standard InChI is InChI=1S/C19H15ClN2O4/c1-25-19(24)14-6-2-4-12(8-14)16-10-17(26-22-16)13-5-3-7-15(9-13)21-18(23)11-20/h2-10H,11H2,1H3,(H,21,23). The lowest BCUT2D eigenvalue weighted by Crippen LogP contribution is -2.12. The Balaban J connectivity index is 1.88. The summed E-state index contributed by atoms with van der Waals surface area (Å²) in [6.07, 6.45) is 0. The predicted octanol–water partition coefficient (Wildman–Crippen LogP) is 3.97. The van der Waals surface area contributed by atoms with Crippen molar-refractivity contribution in [2.75, 3.05) is 18.3 Å². The number of halogens is 1. The maximum Gasteiger partial charge on any atom is 0.337 e. The molecule has 0 atom stereocenters. The van der Waals surface area contributed by atoms with E-state index >= 15 is 0 Å². The fourth-order valence-electron chi connectivity index (χ4n) is 2.42. The molecule has 0 spiro atoms. The second kappa shape index (κ2) is 7.84. The van der Waals surface area contributed by atoms with Gasteiger partial charge >= 0.3 is 5.97 Å². The molecular formula is C19H15ClN2O4. The SMILES string of the molecule is COC(=O)c1cccc(-c2cc(-c3cccc(NC(=O)CCl)c3)on2)c1. The predicted molar refractivity (Wildman–Crippen MR) is 98.1 cm³/mol. The normalized spacial score (nSPS) is 10.4. The van der Waals surface area contributed by atoms with E-state index in [-0.39, 0.29) is 11.8 Å². The molecule has 26 heavy (non-hydrogen) atoms. The summed E-state index contributed by atoms with van der Waals surface area (Å²) in [5, 5.41) is 6.74. The summed E-state index contributed by atoms with van der Waals surface area (Å²) < 4.78 is 10.1. The zero-order chi connectivity index (χ0) is 18.5. The summed E-state index contributed by atoms with van der Waals surface area (Å²) in [5.41, 5.74) is 3.11. The number of ether oxygens (including phenoxy) is 1. The van der Waals surface area contributed by atoms with Gasteiger partial charge in [0.15, 0.2) is 5.76 Å². The van der Waals surface area contributed by atoms with Crippen molar-refractivity contribution in [2.24, 2.45) is 0 Å². The number of hydrogen-bond donors (Lipinski definition) is 1. The van der Waals surface area contributed by atoms with E-state index in [4.69, 9.17) is 20.9 Å². The molecule has 0 aliphatic carbocycles. The number of nitrogens with zero attached hydrogens (tertiary/aromatic N) is 1. The van der Waals surface area contributed by atoms with Crippen molar-refractivity contribution in [3.05, 3.63) is 60.2 Å². The van der Waals surface area contributed by atoms with Crippen LogP contribution in [0.1, 0.15) is 10.4 Å². The van der Waals surface area contributed by atoms with Crippen molar-refractivity contribution in [3.63, 3.8) is 0 Å². The van der Waals surface area contributed by atoms with Gasteiger partial charge in [0.2, 0.25) is 5.91 Å². The number of anilines is 1. The number of aromatic nitrogens is 1. The first-order valence-electron chi connectivity index (χ1n) is 7.72. The Hall–Kier alpha value is -3.12. The van der Waals surface area contributed by atoms with Crippen LogP contribution in [0.25, 0.3) is 22.6 Å². The molecule has 1 amide bonds. The Labute approximate surface area is 154 Å². The smallest absolute Gasteiger partial charge is 0.337 e. The van der Waals surface area contributed by atoms with Gasteiger partial charge in [-0.2, -0.15) is 0 Å². The highest BCUT2D eigenvalue weighted by molar-refractivity contribution is 6.29. The van der Waals surface area contributed by atoms with Crippen molar-refractivity contribution >= 4 is 29.2 Å². The number of rotatable bonds is 5. The molecule has 0 saturated carbocycles. The molecule has 3 rings (SSSR count). The third kappa shape index (κ3) is 3.92. The fraction of sp³-hybridized carbons (Fsp3) is 0.105. The molecule has 132 valence electrons. The van der Waals surface area contributed by atoms with Crippen LogP contribution in [-0.2, 0) is 9.53 Å². The van der Waals surface area contributed by atoms with Gasteiger partial charge in [0.25, 0.3) is 0 Å². The molecule has 2 aromatic carbocycles. The molecule has 0 saturated heterocycles. The molecule has 6 nitrogen and oxygen atoms in total. The molecule has 0 fully saturated rings. The van der Waals surface area contributed by atoms with Gasteiger partial charge < -0.3 is 14.6 Å². The minimum Gasteiger partial charge on any atom is -0.465 e. The van der Waals surface area contributed by atoms with Gasteiger partial charge in [0.05, 0.1) is 12.7 Å². The zero-order valence-corrected chi connectivity index (χ0v) is 14.6. The van der Waals surface area contributed by atoms with E-state index < -0.39 is 5.97 Å². The molecule has 0 unspecified atom stereocenters. The van der Waals surface area contributed by atoms with Crippen LogP contribution in [0.4, 0.5) is 5.69 Å². The van der Waals surface area contributed by atoms with E-state index in [1.807, 2.05) is 12.1 Å². The van der Waals surface area contributed by atoms with Gasteiger partial charge in [-0.3, -0.25) is 4.79 Å². The summed E-state index contributed by atoms with van der Waals surface area (Å²) in [6.45, 7) is 0. The second-order valence-corrected chi connectivity index (χ2v) is 5.68. The molecule has 1 N–H and O–H groups in total. The third-order valence-corrected chi connectivity index (χ3v) is 3.88. The van der Waals surface area contributed by atoms with Gasteiger partial charge in [0.1, 0.15) is 11.6 Å². The van der Waals surface area contributed by atoms with Crippen molar-refractivity contribution in [1.29, 1.82) is 0 Å². The summed E-state index contributed by atoms with van der Waals surface area (Å²) >= 11 is 5.50. The van der Waals surface area contributed by atoms with Crippen molar-refractivity contribution in [2.45, 2.75) is 0 Å². The fourth-order valence-corrected chi connectivity index (χ4v) is 2.48. The maximum absolute atomic E-state index is 11.7. The van der Waals surface area contributed by atoms with Crippen LogP contribution in [0.15, 0.2) is 59.1 Å². The Morgan fingerprint density at radius 2 is 1.88 bits per heavy atom. The van der Waals surface area contributed by atoms with Crippen LogP contribution < -0.4 is 5.32 Å². The third-order valence-electron chi connectivity index (χ3n) is 3.64. The lowest BCUT2D eigenvalue weighted by Gasteiger charge is -2.04. The van der Waals surface area contributed by atoms with Crippen molar-refractivity contribution in [3.8, 4) is 22.6 Å². The number of esters is 1. The summed E-state index contributed by atoms with van der Waals surface area (Å²) in [6, 6.07) is 15.8. The van der Waals surface area contributed by atoms with Gasteiger partial charge in [0, 0.05) is 22.9 Å². The quantitative estimate of drug-likeness (QED) is 0.542. The minimum atomic E-state index is -0.418. The first kappa shape index (κ1) is 17.7. The van der Waals surface area contributed by atoms with E-state index in [9.17, 15) is 9.59 Å². The van der Waals surface area contributed by atoms with Crippen molar-refractivity contribution in [1.82, 2.24) is 5.16 Å². The number of methoxy groups -OCH3 is 1. The summed E-state index contributed by atoms with van der Waals surface area (Å²) in [7, 11) is 1.33. The summed E-state index contributed by atoms with van der Waals surface area (Å²) in [4.78, 5) is 23.1.